The largest absolute Gasteiger partial charge is 0.467 e. The molecule has 0 unspecified atom stereocenters. The molecule has 5 rings (SSSR count). The van der Waals surface area contributed by atoms with Crippen molar-refractivity contribution in [1.29, 1.82) is 0 Å². The minimum atomic E-state index is -0.343. The van der Waals surface area contributed by atoms with E-state index in [0.29, 0.717) is 30.1 Å². The number of carbonyl (C=O) groups is 2. The quantitative estimate of drug-likeness (QED) is 0.273. The number of furan rings is 1. The van der Waals surface area contributed by atoms with Gasteiger partial charge in [-0.15, -0.1) is 0 Å². The van der Waals surface area contributed by atoms with Crippen LogP contribution in [0.1, 0.15) is 18.0 Å². The van der Waals surface area contributed by atoms with Crippen LogP contribution in [-0.2, 0) is 17.8 Å². The molecule has 3 amide bonds. The summed E-state index contributed by atoms with van der Waals surface area (Å²) in [4.78, 5) is 29.5. The SMILES string of the molecule is O=C(CCc1nc2ccccc2n1-c1ccccc1)Nc1ccc(NC(=O)NCc2ccco2)cc1. The number of nitrogens with one attached hydrogen (secondary N) is 3. The minimum absolute atomic E-state index is 0.112. The first kappa shape index (κ1) is 22.9. The number of carbonyl (C=O) groups excluding carboxylic acids is 2. The molecular weight excluding hydrogens is 454 g/mol. The first-order chi connectivity index (χ1) is 17.7. The summed E-state index contributed by atoms with van der Waals surface area (Å²) in [5.74, 6) is 1.39. The van der Waals surface area contributed by atoms with Crippen LogP contribution in [0, 0.1) is 0 Å². The molecule has 3 N–H and O–H groups in total. The fraction of sp³-hybridized carbons (Fsp3) is 0.107. The van der Waals surface area contributed by atoms with Crippen LogP contribution in [0.5, 0.6) is 0 Å². The standard InChI is InChI=1S/C28H25N5O3/c34-27(30-20-12-14-21(15-13-20)31-28(35)29-19-23-9-6-18-36-23)17-16-26-32-24-10-4-5-11-25(24)33(26)22-7-2-1-3-8-22/h1-15,18H,16-17,19H2,(H,30,34)(H2,29,31,35). The third-order valence-corrected chi connectivity index (χ3v) is 5.65. The predicted octanol–water partition coefficient (Wildman–Crippen LogP) is 5.51. The number of fused-ring (bicyclic) bond motifs is 1. The molecule has 0 saturated carbocycles. The van der Waals surface area contributed by atoms with E-state index in [9.17, 15) is 9.59 Å². The monoisotopic (exact) mass is 479 g/mol. The second-order valence-electron chi connectivity index (χ2n) is 8.20. The van der Waals surface area contributed by atoms with Crippen molar-refractivity contribution in [3.63, 3.8) is 0 Å². The van der Waals surface area contributed by atoms with Gasteiger partial charge in [0.2, 0.25) is 5.91 Å². The van der Waals surface area contributed by atoms with Gasteiger partial charge in [0, 0.05) is 29.9 Å². The van der Waals surface area contributed by atoms with Gasteiger partial charge in [0.05, 0.1) is 23.8 Å². The van der Waals surface area contributed by atoms with Crippen molar-refractivity contribution < 1.29 is 14.0 Å². The number of benzene rings is 3. The van der Waals surface area contributed by atoms with Gasteiger partial charge in [-0.3, -0.25) is 9.36 Å². The summed E-state index contributed by atoms with van der Waals surface area (Å²) in [7, 11) is 0. The molecule has 3 aromatic carbocycles. The number of amides is 3. The molecular formula is C28H25N5O3. The number of hydrogen-bond donors (Lipinski definition) is 3. The second-order valence-corrected chi connectivity index (χ2v) is 8.20. The lowest BCUT2D eigenvalue weighted by molar-refractivity contribution is -0.116. The maximum Gasteiger partial charge on any atom is 0.319 e. The van der Waals surface area contributed by atoms with E-state index in [4.69, 9.17) is 9.40 Å². The highest BCUT2D eigenvalue weighted by molar-refractivity contribution is 5.92. The van der Waals surface area contributed by atoms with E-state index in [-0.39, 0.29) is 18.4 Å². The van der Waals surface area contributed by atoms with Crippen LogP contribution < -0.4 is 16.0 Å². The van der Waals surface area contributed by atoms with Crippen LogP contribution in [0.25, 0.3) is 16.7 Å². The van der Waals surface area contributed by atoms with Crippen LogP contribution in [0.3, 0.4) is 0 Å². The van der Waals surface area contributed by atoms with E-state index in [1.807, 2.05) is 54.6 Å². The summed E-state index contributed by atoms with van der Waals surface area (Å²) in [6, 6.07) is 28.1. The Morgan fingerprint density at radius 2 is 1.53 bits per heavy atom. The summed E-state index contributed by atoms with van der Waals surface area (Å²) in [6.45, 7) is 0.297. The minimum Gasteiger partial charge on any atom is -0.467 e. The first-order valence-electron chi connectivity index (χ1n) is 11.6. The lowest BCUT2D eigenvalue weighted by atomic mass is 10.2. The van der Waals surface area contributed by atoms with Gasteiger partial charge in [0.25, 0.3) is 0 Å². The zero-order chi connectivity index (χ0) is 24.7. The van der Waals surface area contributed by atoms with E-state index in [1.165, 1.54) is 0 Å². The van der Waals surface area contributed by atoms with Crippen molar-refractivity contribution in [1.82, 2.24) is 14.9 Å². The van der Waals surface area contributed by atoms with Crippen LogP contribution in [0.15, 0.2) is 102 Å². The predicted molar refractivity (Wildman–Crippen MR) is 139 cm³/mol. The fourth-order valence-electron chi connectivity index (χ4n) is 3.95. The Bertz CT molecular complexity index is 1460. The van der Waals surface area contributed by atoms with E-state index in [0.717, 1.165) is 22.5 Å². The molecule has 5 aromatic rings. The van der Waals surface area contributed by atoms with Gasteiger partial charge < -0.3 is 20.4 Å². The number of anilines is 2. The van der Waals surface area contributed by atoms with Crippen molar-refractivity contribution in [2.24, 2.45) is 0 Å². The third-order valence-electron chi connectivity index (χ3n) is 5.65. The topological polar surface area (TPSA) is 101 Å². The van der Waals surface area contributed by atoms with Crippen LogP contribution in [0.2, 0.25) is 0 Å². The summed E-state index contributed by atoms with van der Waals surface area (Å²) >= 11 is 0. The van der Waals surface area contributed by atoms with Gasteiger partial charge in [-0.25, -0.2) is 9.78 Å². The summed E-state index contributed by atoms with van der Waals surface area (Å²) in [5, 5.41) is 8.38. The molecule has 0 bridgehead atoms. The van der Waals surface area contributed by atoms with Crippen molar-refractivity contribution in [3.8, 4) is 5.69 Å². The molecule has 0 saturated heterocycles. The Labute approximate surface area is 208 Å². The number of rotatable bonds is 8. The van der Waals surface area contributed by atoms with E-state index in [2.05, 4.69) is 20.5 Å². The van der Waals surface area contributed by atoms with E-state index < -0.39 is 0 Å². The van der Waals surface area contributed by atoms with Crippen LogP contribution >= 0.6 is 0 Å². The number of hydrogen-bond acceptors (Lipinski definition) is 4. The lowest BCUT2D eigenvalue weighted by Crippen LogP contribution is -2.27. The molecule has 0 radical (unpaired) electrons. The van der Waals surface area contributed by atoms with Gasteiger partial charge in [-0.05, 0) is 60.7 Å². The Morgan fingerprint density at radius 1 is 0.806 bits per heavy atom. The normalized spacial score (nSPS) is 10.8. The molecule has 36 heavy (non-hydrogen) atoms. The molecule has 0 aliphatic heterocycles. The maximum atomic E-state index is 12.7. The lowest BCUT2D eigenvalue weighted by Gasteiger charge is -2.10. The molecule has 0 fully saturated rings. The Morgan fingerprint density at radius 3 is 2.28 bits per heavy atom. The molecule has 180 valence electrons. The fourth-order valence-corrected chi connectivity index (χ4v) is 3.95. The van der Waals surface area contributed by atoms with Gasteiger partial charge in [0.15, 0.2) is 0 Å². The molecule has 8 heteroatoms. The van der Waals surface area contributed by atoms with Crippen molar-refractivity contribution >= 4 is 34.3 Å². The molecule has 0 atom stereocenters. The van der Waals surface area contributed by atoms with Gasteiger partial charge >= 0.3 is 6.03 Å². The Balaban J connectivity index is 1.18. The molecule has 8 nitrogen and oxygen atoms in total. The smallest absolute Gasteiger partial charge is 0.319 e. The maximum absolute atomic E-state index is 12.7. The highest BCUT2D eigenvalue weighted by Crippen LogP contribution is 2.22. The summed E-state index contributed by atoms with van der Waals surface area (Å²) in [5.41, 5.74) is 4.18. The number of aromatic nitrogens is 2. The van der Waals surface area contributed by atoms with E-state index >= 15 is 0 Å². The number of para-hydroxylation sites is 3. The number of urea groups is 1. The van der Waals surface area contributed by atoms with Crippen LogP contribution in [-0.4, -0.2) is 21.5 Å². The number of nitrogens with zero attached hydrogens (tertiary/aromatic N) is 2. The summed E-state index contributed by atoms with van der Waals surface area (Å²) in [6.07, 6.45) is 2.33. The number of aryl methyl sites for hydroxylation is 1. The molecule has 2 aromatic heterocycles. The summed E-state index contributed by atoms with van der Waals surface area (Å²) < 4.78 is 7.29. The highest BCUT2D eigenvalue weighted by atomic mass is 16.3. The van der Waals surface area contributed by atoms with Gasteiger partial charge in [0.1, 0.15) is 11.6 Å². The second kappa shape index (κ2) is 10.6. The van der Waals surface area contributed by atoms with Crippen LogP contribution in [0.4, 0.5) is 16.2 Å². The molecule has 0 aliphatic rings. The molecule has 0 aliphatic carbocycles. The molecule has 2 heterocycles. The molecule has 0 spiro atoms. The number of imidazole rings is 1. The first-order valence-corrected chi connectivity index (χ1v) is 11.6. The average Bonchev–Trinajstić information content (AvgIpc) is 3.56. The zero-order valence-corrected chi connectivity index (χ0v) is 19.5. The zero-order valence-electron chi connectivity index (χ0n) is 19.5. The third kappa shape index (κ3) is 5.44. The van der Waals surface area contributed by atoms with Gasteiger partial charge in [-0.2, -0.15) is 0 Å². The van der Waals surface area contributed by atoms with Gasteiger partial charge in [-0.1, -0.05) is 30.3 Å². The Hall–Kier alpha value is -4.85. The van der Waals surface area contributed by atoms with Crippen molar-refractivity contribution in [2.45, 2.75) is 19.4 Å². The van der Waals surface area contributed by atoms with E-state index in [1.54, 1.807) is 42.7 Å². The average molecular weight is 480 g/mol. The highest BCUT2D eigenvalue weighted by Gasteiger charge is 2.14. The van der Waals surface area contributed by atoms with Crippen molar-refractivity contribution in [3.05, 3.63) is 109 Å². The van der Waals surface area contributed by atoms with Crippen molar-refractivity contribution in [2.75, 3.05) is 10.6 Å². The Kier molecular flexibility index (Phi) is 6.75.